The van der Waals surface area contributed by atoms with Gasteiger partial charge in [0.2, 0.25) is 12.3 Å². The van der Waals surface area contributed by atoms with E-state index in [1.54, 1.807) is 11.1 Å². The standard InChI is InChI=1S/C48H55N7O7/c1-23(2)40(53-47(59)61-5)43(57)38-28-9-10-29(18-28)39(38)45-50-34-16-13-26(21-35(34)51-45)25-11-14-30-31-15-12-27(20-33(31)42(56)32(30)19-25)36-22-49-44(52-36)37-8-7-17-55(37)46(58)41(24(3)4)54-48(60)62-6/h11-16,19-24,28-29,37-41,47,53,59H,7-10,17-18H2,1-6H3,(H,49,52)(H,50,51)(H,54,60)/t28-,29+,37+,38?,39-,40+,41?,47?/m1/s1. The number of aromatic nitrogens is 4. The van der Waals surface area contributed by atoms with E-state index in [2.05, 4.69) is 26.7 Å². The molecule has 0 spiro atoms. The zero-order valence-electron chi connectivity index (χ0n) is 36.0. The molecule has 1 saturated heterocycles. The lowest BCUT2D eigenvalue weighted by Crippen LogP contribution is -2.51. The van der Waals surface area contributed by atoms with Crippen LogP contribution in [-0.4, -0.2) is 92.8 Å². The van der Waals surface area contributed by atoms with Gasteiger partial charge in [0, 0.05) is 42.2 Å². The van der Waals surface area contributed by atoms with E-state index in [1.165, 1.54) is 14.2 Å². The van der Waals surface area contributed by atoms with Crippen LogP contribution in [0.25, 0.3) is 44.5 Å². The van der Waals surface area contributed by atoms with Crippen molar-refractivity contribution in [3.05, 3.63) is 83.6 Å². The van der Waals surface area contributed by atoms with Gasteiger partial charge in [0.15, 0.2) is 11.6 Å². The van der Waals surface area contributed by atoms with Gasteiger partial charge in [-0.3, -0.25) is 19.7 Å². The maximum Gasteiger partial charge on any atom is 0.407 e. The number of likely N-dealkylation sites (tertiary alicyclic amines) is 1. The normalized spacial score (nSPS) is 23.0. The molecular weight excluding hydrogens is 787 g/mol. The van der Waals surface area contributed by atoms with Gasteiger partial charge in [-0.1, -0.05) is 58.0 Å². The highest BCUT2D eigenvalue weighted by atomic mass is 16.6. The van der Waals surface area contributed by atoms with Crippen molar-refractivity contribution in [3.63, 3.8) is 0 Å². The number of rotatable bonds is 13. The van der Waals surface area contributed by atoms with Gasteiger partial charge in [0.1, 0.15) is 17.7 Å². The van der Waals surface area contributed by atoms with E-state index in [-0.39, 0.29) is 53.1 Å². The highest BCUT2D eigenvalue weighted by Crippen LogP contribution is 2.57. The summed E-state index contributed by atoms with van der Waals surface area (Å²) in [6.07, 6.45) is 4.51. The number of Topliss-reactive ketones (excluding diaryl/α,β-unsaturated/α-hetero) is 1. The molecule has 3 unspecified atom stereocenters. The minimum atomic E-state index is -1.22. The zero-order chi connectivity index (χ0) is 43.6. The van der Waals surface area contributed by atoms with Gasteiger partial charge in [-0.15, -0.1) is 0 Å². The summed E-state index contributed by atoms with van der Waals surface area (Å²) in [4.78, 5) is 72.5. The number of alkyl carbamates (subject to hydrolysis) is 1. The van der Waals surface area contributed by atoms with Crippen LogP contribution in [0.2, 0.25) is 0 Å². The lowest BCUT2D eigenvalue weighted by atomic mass is 9.73. The number of hydrogen-bond acceptors (Lipinski definition) is 10. The Morgan fingerprint density at radius 2 is 1.50 bits per heavy atom. The minimum Gasteiger partial charge on any atom is -0.453 e. The van der Waals surface area contributed by atoms with Crippen molar-refractivity contribution in [1.29, 1.82) is 0 Å². The number of aliphatic hydroxyl groups is 1. The van der Waals surface area contributed by atoms with Crippen LogP contribution in [0.1, 0.15) is 99.3 Å². The maximum absolute atomic E-state index is 14.2. The highest BCUT2D eigenvalue weighted by Gasteiger charge is 2.54. The Balaban J connectivity index is 0.934. The predicted octanol–water partition coefficient (Wildman–Crippen LogP) is 7.11. The molecule has 9 rings (SSSR count). The van der Waals surface area contributed by atoms with Gasteiger partial charge in [-0.05, 0) is 102 Å². The Morgan fingerprint density at radius 3 is 2.21 bits per heavy atom. The molecule has 14 heteroatoms. The number of nitrogens with zero attached hydrogens (tertiary/aromatic N) is 3. The number of ketones is 2. The number of fused-ring (bicyclic) bond motifs is 6. The van der Waals surface area contributed by atoms with Crippen LogP contribution in [0.5, 0.6) is 0 Å². The van der Waals surface area contributed by atoms with E-state index < -0.39 is 24.6 Å². The number of methoxy groups -OCH3 is 2. The Kier molecular flexibility index (Phi) is 11.1. The van der Waals surface area contributed by atoms with Gasteiger partial charge in [-0.2, -0.15) is 0 Å². The molecule has 5 aromatic rings. The molecule has 3 heterocycles. The monoisotopic (exact) mass is 841 g/mol. The molecule has 2 aromatic heterocycles. The van der Waals surface area contributed by atoms with Crippen molar-refractivity contribution in [2.45, 2.75) is 90.3 Å². The van der Waals surface area contributed by atoms with Crippen LogP contribution >= 0.6 is 0 Å². The molecule has 8 atom stereocenters. The molecule has 2 saturated carbocycles. The average Bonchev–Trinajstić information content (AvgIpc) is 4.14. The highest BCUT2D eigenvalue weighted by molar-refractivity contribution is 6.22. The molecule has 1 aliphatic heterocycles. The van der Waals surface area contributed by atoms with E-state index >= 15 is 0 Å². The Bertz CT molecular complexity index is 2560. The van der Waals surface area contributed by atoms with Gasteiger partial charge in [0.25, 0.3) is 0 Å². The first kappa shape index (κ1) is 41.6. The molecule has 5 N–H and O–H groups in total. The van der Waals surface area contributed by atoms with Gasteiger partial charge in [-0.25, -0.2) is 14.8 Å². The summed E-state index contributed by atoms with van der Waals surface area (Å²) in [6, 6.07) is 16.5. The molecule has 3 aliphatic carbocycles. The molecule has 3 fully saturated rings. The summed E-state index contributed by atoms with van der Waals surface area (Å²) in [6.45, 7) is 8.30. The van der Waals surface area contributed by atoms with Crippen LogP contribution < -0.4 is 10.6 Å². The number of carbonyl (C=O) groups excluding carboxylic acids is 4. The van der Waals surface area contributed by atoms with Crippen molar-refractivity contribution < 1.29 is 33.8 Å². The summed E-state index contributed by atoms with van der Waals surface area (Å²) in [7, 11) is 2.69. The minimum absolute atomic E-state index is 0.0273. The molecule has 14 nitrogen and oxygen atoms in total. The summed E-state index contributed by atoms with van der Waals surface area (Å²) >= 11 is 0. The molecule has 324 valence electrons. The summed E-state index contributed by atoms with van der Waals surface area (Å²) < 4.78 is 9.82. The number of aliphatic hydroxyl groups excluding tert-OH is 1. The van der Waals surface area contributed by atoms with E-state index in [1.807, 2.05) is 76.2 Å². The molecule has 2 amide bonds. The summed E-state index contributed by atoms with van der Waals surface area (Å²) in [5, 5.41) is 15.9. The number of amides is 2. The zero-order valence-corrected chi connectivity index (χ0v) is 36.0. The quantitative estimate of drug-likeness (QED) is 0.0749. The second-order valence-corrected chi connectivity index (χ2v) is 18.2. The number of nitrogens with one attached hydrogen (secondary N) is 4. The van der Waals surface area contributed by atoms with Crippen LogP contribution in [0, 0.1) is 29.6 Å². The lowest BCUT2D eigenvalue weighted by molar-refractivity contribution is -0.138. The first-order valence-electron chi connectivity index (χ1n) is 21.9. The lowest BCUT2D eigenvalue weighted by Gasteiger charge is -2.33. The number of imidazole rings is 2. The molecule has 3 aromatic carbocycles. The fourth-order valence-corrected chi connectivity index (χ4v) is 10.8. The van der Waals surface area contributed by atoms with E-state index in [0.717, 1.165) is 82.5 Å². The van der Waals surface area contributed by atoms with Crippen molar-refractivity contribution in [2.24, 2.45) is 29.6 Å². The van der Waals surface area contributed by atoms with Crippen molar-refractivity contribution in [2.75, 3.05) is 20.8 Å². The van der Waals surface area contributed by atoms with Crippen LogP contribution in [-0.2, 0) is 19.1 Å². The second-order valence-electron chi connectivity index (χ2n) is 18.2. The maximum atomic E-state index is 14.2. The summed E-state index contributed by atoms with van der Waals surface area (Å²) in [5.41, 5.74) is 8.14. The Labute approximate surface area is 360 Å². The number of ether oxygens (including phenoxy) is 2. The van der Waals surface area contributed by atoms with Crippen LogP contribution in [0.4, 0.5) is 4.79 Å². The van der Waals surface area contributed by atoms with Crippen molar-refractivity contribution in [3.8, 4) is 33.5 Å². The fraction of sp³-hybridized carbons (Fsp3) is 0.458. The first-order valence-corrected chi connectivity index (χ1v) is 21.9. The predicted molar refractivity (Wildman–Crippen MR) is 233 cm³/mol. The third-order valence-electron chi connectivity index (χ3n) is 13.9. The number of hydrogen-bond donors (Lipinski definition) is 5. The Morgan fingerprint density at radius 1 is 0.823 bits per heavy atom. The second kappa shape index (κ2) is 16.5. The van der Waals surface area contributed by atoms with Crippen LogP contribution in [0.3, 0.4) is 0 Å². The third kappa shape index (κ3) is 7.31. The topological polar surface area (TPSA) is 192 Å². The largest absolute Gasteiger partial charge is 0.453 e. The van der Waals surface area contributed by atoms with Crippen LogP contribution in [0.15, 0.2) is 60.8 Å². The molecule has 62 heavy (non-hydrogen) atoms. The van der Waals surface area contributed by atoms with E-state index in [4.69, 9.17) is 19.4 Å². The van der Waals surface area contributed by atoms with E-state index in [9.17, 15) is 24.3 Å². The number of carbonyl (C=O) groups is 4. The Hall–Kier alpha value is -5.70. The van der Waals surface area contributed by atoms with Gasteiger partial charge in [0.05, 0.1) is 42.1 Å². The number of H-pyrrole nitrogens is 2. The van der Waals surface area contributed by atoms with Crippen molar-refractivity contribution >= 4 is 34.6 Å². The number of benzene rings is 3. The van der Waals surface area contributed by atoms with Crippen molar-refractivity contribution in [1.82, 2.24) is 35.5 Å². The average molecular weight is 842 g/mol. The van der Waals surface area contributed by atoms with Gasteiger partial charge < -0.3 is 34.8 Å². The molecule has 0 radical (unpaired) electrons. The molecule has 4 aliphatic rings. The van der Waals surface area contributed by atoms with E-state index in [0.29, 0.717) is 29.4 Å². The molecule has 2 bridgehead atoms. The summed E-state index contributed by atoms with van der Waals surface area (Å²) in [5.74, 6) is 1.63. The number of aromatic amines is 2. The SMILES string of the molecule is COC(=O)NC(C(=O)N1CCC[C@H]1c1ncc(-c2ccc3c(c2)C(=O)c2cc(-c4ccc5nc([C@H]6C(C(=O)[C@@H](NC(O)OC)C(C)C)[C@@H]7CC[C@H]6C7)[nH]c5c4)ccc2-3)[nH]1)C(C)C. The third-order valence-corrected chi connectivity index (χ3v) is 13.9. The van der Waals surface area contributed by atoms with Gasteiger partial charge >= 0.3 is 6.09 Å². The molecular formula is C48H55N7O7. The first-order chi connectivity index (χ1) is 29.8. The fourth-order valence-electron chi connectivity index (χ4n) is 10.8. The smallest absolute Gasteiger partial charge is 0.407 e.